The minimum atomic E-state index is -0.131. The Bertz CT molecular complexity index is 951. The Hall–Kier alpha value is -2.73. The van der Waals surface area contributed by atoms with Gasteiger partial charge in [-0.2, -0.15) is 5.10 Å². The first-order valence-corrected chi connectivity index (χ1v) is 9.32. The molecular formula is C21H24N4O2. The van der Waals surface area contributed by atoms with Gasteiger partial charge in [0.05, 0.1) is 18.8 Å². The topological polar surface area (TPSA) is 59.7 Å². The van der Waals surface area contributed by atoms with E-state index in [9.17, 15) is 4.79 Å². The molecule has 1 aromatic carbocycles. The van der Waals surface area contributed by atoms with Crippen LogP contribution in [0.3, 0.4) is 0 Å². The number of morpholine rings is 1. The molecule has 6 nitrogen and oxygen atoms in total. The number of carbonyl (C=O) groups is 1. The van der Waals surface area contributed by atoms with E-state index in [-0.39, 0.29) is 18.1 Å². The van der Waals surface area contributed by atoms with E-state index in [4.69, 9.17) is 4.74 Å². The number of carbonyl (C=O) groups excluding carboxylic acids is 1. The molecule has 1 amide bonds. The molecule has 2 aromatic heterocycles. The summed E-state index contributed by atoms with van der Waals surface area (Å²) in [5.74, 6) is 0.271. The Morgan fingerprint density at radius 1 is 1.19 bits per heavy atom. The van der Waals surface area contributed by atoms with Gasteiger partial charge in [-0.1, -0.05) is 44.2 Å². The molecule has 0 saturated carbocycles. The van der Waals surface area contributed by atoms with Crippen molar-refractivity contribution in [3.63, 3.8) is 0 Å². The van der Waals surface area contributed by atoms with Crippen molar-refractivity contribution in [2.24, 2.45) is 5.92 Å². The van der Waals surface area contributed by atoms with Crippen LogP contribution in [0, 0.1) is 12.8 Å². The Morgan fingerprint density at radius 2 is 1.96 bits per heavy atom. The number of amides is 1. The SMILES string of the molecule is Cc1cnc2c(C(=O)N3C[C@@H](c4ccccc4)O[C@@H](C(C)C)C3)cnn2c1. The number of benzene rings is 1. The van der Waals surface area contributed by atoms with Gasteiger partial charge >= 0.3 is 0 Å². The molecule has 27 heavy (non-hydrogen) atoms. The van der Waals surface area contributed by atoms with Gasteiger partial charge in [0.15, 0.2) is 5.65 Å². The average molecular weight is 364 g/mol. The molecule has 0 aliphatic carbocycles. The van der Waals surface area contributed by atoms with Gasteiger partial charge in [0.1, 0.15) is 11.7 Å². The summed E-state index contributed by atoms with van der Waals surface area (Å²) in [6.07, 6.45) is 5.11. The van der Waals surface area contributed by atoms with Crippen LogP contribution in [-0.2, 0) is 4.74 Å². The van der Waals surface area contributed by atoms with Crippen molar-refractivity contribution in [1.82, 2.24) is 19.5 Å². The van der Waals surface area contributed by atoms with Crippen LogP contribution in [0.5, 0.6) is 0 Å². The Labute approximate surface area is 158 Å². The summed E-state index contributed by atoms with van der Waals surface area (Å²) in [5, 5.41) is 4.30. The van der Waals surface area contributed by atoms with Crippen LogP contribution in [0.4, 0.5) is 0 Å². The highest BCUT2D eigenvalue weighted by Gasteiger charge is 2.34. The van der Waals surface area contributed by atoms with E-state index in [1.54, 1.807) is 16.9 Å². The second kappa shape index (κ2) is 7.12. The molecule has 0 radical (unpaired) electrons. The standard InChI is InChI=1S/C21H24N4O2/c1-14(2)18-12-24(13-19(27-18)16-7-5-4-6-8-16)21(26)17-10-23-25-11-15(3)9-22-20(17)25/h4-11,14,18-19H,12-13H2,1-3H3/t18-,19+/m1/s1. The number of ether oxygens (including phenoxy) is 1. The van der Waals surface area contributed by atoms with Gasteiger partial charge < -0.3 is 9.64 Å². The van der Waals surface area contributed by atoms with E-state index >= 15 is 0 Å². The van der Waals surface area contributed by atoms with Crippen LogP contribution in [0.1, 0.15) is 41.4 Å². The highest BCUT2D eigenvalue weighted by molar-refractivity contribution is 5.99. The van der Waals surface area contributed by atoms with Crippen molar-refractivity contribution in [2.75, 3.05) is 13.1 Å². The number of fused-ring (bicyclic) bond motifs is 1. The fraction of sp³-hybridized carbons (Fsp3) is 0.381. The molecule has 4 rings (SSSR count). The predicted octanol–water partition coefficient (Wildman–Crippen LogP) is 3.28. The first-order chi connectivity index (χ1) is 13.0. The summed E-state index contributed by atoms with van der Waals surface area (Å²) in [7, 11) is 0. The largest absolute Gasteiger partial charge is 0.366 e. The van der Waals surface area contributed by atoms with Crippen LogP contribution in [0.2, 0.25) is 0 Å². The second-order valence-electron chi connectivity index (χ2n) is 7.49. The van der Waals surface area contributed by atoms with Crippen molar-refractivity contribution in [3.05, 3.63) is 65.6 Å². The van der Waals surface area contributed by atoms with Crippen LogP contribution < -0.4 is 0 Å². The average Bonchev–Trinajstić information content (AvgIpc) is 3.10. The molecule has 1 fully saturated rings. The minimum absolute atomic E-state index is 0.00931. The van der Waals surface area contributed by atoms with Gasteiger partial charge in [0, 0.05) is 18.9 Å². The van der Waals surface area contributed by atoms with Gasteiger partial charge in [-0.25, -0.2) is 9.50 Å². The molecule has 0 bridgehead atoms. The minimum Gasteiger partial charge on any atom is -0.366 e. The van der Waals surface area contributed by atoms with E-state index in [2.05, 4.69) is 36.1 Å². The molecule has 1 saturated heterocycles. The van der Waals surface area contributed by atoms with Gasteiger partial charge in [0.25, 0.3) is 5.91 Å². The lowest BCUT2D eigenvalue weighted by Gasteiger charge is -2.40. The van der Waals surface area contributed by atoms with Crippen molar-refractivity contribution in [3.8, 4) is 0 Å². The summed E-state index contributed by atoms with van der Waals surface area (Å²) in [6, 6.07) is 10.1. The predicted molar refractivity (Wildman–Crippen MR) is 103 cm³/mol. The highest BCUT2D eigenvalue weighted by Crippen LogP contribution is 2.29. The molecule has 140 valence electrons. The van der Waals surface area contributed by atoms with Crippen molar-refractivity contribution < 1.29 is 9.53 Å². The zero-order chi connectivity index (χ0) is 19.0. The van der Waals surface area contributed by atoms with E-state index in [0.717, 1.165) is 11.1 Å². The third-order valence-electron chi connectivity index (χ3n) is 5.04. The second-order valence-corrected chi connectivity index (χ2v) is 7.49. The number of aromatic nitrogens is 3. The fourth-order valence-electron chi connectivity index (χ4n) is 3.46. The lowest BCUT2D eigenvalue weighted by molar-refractivity contribution is -0.0954. The quantitative estimate of drug-likeness (QED) is 0.716. The molecule has 0 unspecified atom stereocenters. The van der Waals surface area contributed by atoms with Gasteiger partial charge in [0.2, 0.25) is 0 Å². The molecule has 1 aliphatic heterocycles. The molecule has 0 N–H and O–H groups in total. The molecule has 3 aromatic rings. The van der Waals surface area contributed by atoms with Gasteiger partial charge in [-0.3, -0.25) is 4.79 Å². The Balaban J connectivity index is 1.65. The zero-order valence-corrected chi connectivity index (χ0v) is 15.9. The number of hydrogen-bond donors (Lipinski definition) is 0. The van der Waals surface area contributed by atoms with Crippen molar-refractivity contribution >= 4 is 11.6 Å². The number of aryl methyl sites for hydroxylation is 1. The van der Waals surface area contributed by atoms with E-state index in [0.29, 0.717) is 30.2 Å². The molecule has 2 atom stereocenters. The van der Waals surface area contributed by atoms with Gasteiger partial charge in [-0.05, 0) is 24.0 Å². The smallest absolute Gasteiger partial charge is 0.259 e. The molecule has 3 heterocycles. The summed E-state index contributed by atoms with van der Waals surface area (Å²) in [6.45, 7) is 7.30. The first-order valence-electron chi connectivity index (χ1n) is 9.32. The van der Waals surface area contributed by atoms with Crippen LogP contribution in [-0.4, -0.2) is 44.6 Å². The Kier molecular flexibility index (Phi) is 4.66. The van der Waals surface area contributed by atoms with E-state index < -0.39 is 0 Å². The van der Waals surface area contributed by atoms with E-state index in [1.165, 1.54) is 0 Å². The van der Waals surface area contributed by atoms with Crippen molar-refractivity contribution in [1.29, 1.82) is 0 Å². The lowest BCUT2D eigenvalue weighted by atomic mass is 10.0. The maximum absolute atomic E-state index is 13.3. The van der Waals surface area contributed by atoms with Crippen LogP contribution >= 0.6 is 0 Å². The van der Waals surface area contributed by atoms with Gasteiger partial charge in [-0.15, -0.1) is 0 Å². The summed E-state index contributed by atoms with van der Waals surface area (Å²) < 4.78 is 7.97. The fourth-order valence-corrected chi connectivity index (χ4v) is 3.46. The summed E-state index contributed by atoms with van der Waals surface area (Å²) in [4.78, 5) is 19.6. The van der Waals surface area contributed by atoms with Crippen molar-refractivity contribution in [2.45, 2.75) is 33.0 Å². The normalized spacial score (nSPS) is 20.4. The lowest BCUT2D eigenvalue weighted by Crippen LogP contribution is -2.48. The zero-order valence-electron chi connectivity index (χ0n) is 15.9. The number of rotatable bonds is 3. The maximum atomic E-state index is 13.3. The molecule has 6 heteroatoms. The third-order valence-corrected chi connectivity index (χ3v) is 5.04. The van der Waals surface area contributed by atoms with Crippen LogP contribution in [0.15, 0.2) is 48.9 Å². The third kappa shape index (κ3) is 3.45. The number of nitrogens with zero attached hydrogens (tertiary/aromatic N) is 4. The first kappa shape index (κ1) is 17.7. The monoisotopic (exact) mass is 364 g/mol. The summed E-state index contributed by atoms with van der Waals surface area (Å²) >= 11 is 0. The van der Waals surface area contributed by atoms with E-state index in [1.807, 2.05) is 36.2 Å². The number of hydrogen-bond acceptors (Lipinski definition) is 4. The van der Waals surface area contributed by atoms with Crippen LogP contribution in [0.25, 0.3) is 5.65 Å². The molecule has 0 spiro atoms. The maximum Gasteiger partial charge on any atom is 0.259 e. The Morgan fingerprint density at radius 3 is 2.70 bits per heavy atom. The molecular weight excluding hydrogens is 340 g/mol. The summed E-state index contributed by atoms with van der Waals surface area (Å²) in [5.41, 5.74) is 3.22. The highest BCUT2D eigenvalue weighted by atomic mass is 16.5. The molecule has 1 aliphatic rings.